The van der Waals surface area contributed by atoms with Crippen molar-refractivity contribution in [3.05, 3.63) is 71.2 Å². The molecule has 152 valence electrons. The van der Waals surface area contributed by atoms with E-state index in [4.69, 9.17) is 10.00 Å². The maximum absolute atomic E-state index is 13.5. The van der Waals surface area contributed by atoms with Crippen LogP contribution in [-0.2, 0) is 14.3 Å². The number of nitriles is 1. The highest BCUT2D eigenvalue weighted by atomic mass is 19.1. The van der Waals surface area contributed by atoms with Gasteiger partial charge in [0.25, 0.3) is 11.8 Å². The second-order valence-electron chi connectivity index (χ2n) is 7.50. The number of imide groups is 1. The van der Waals surface area contributed by atoms with Gasteiger partial charge in [-0.05, 0) is 55.8 Å². The molecule has 2 aromatic rings. The molecule has 0 saturated carbocycles. The minimum absolute atomic E-state index is 0.109. The van der Waals surface area contributed by atoms with Crippen molar-refractivity contribution in [3.8, 4) is 6.07 Å². The third kappa shape index (κ3) is 3.46. The SMILES string of the molecule is CC1CN(C2=C(c3ccc(F)cc3)C(=O)N(c3ccc(C#N)cc3)C2=O)CC(C)O1. The van der Waals surface area contributed by atoms with E-state index in [2.05, 4.69) is 0 Å². The largest absolute Gasteiger partial charge is 0.372 e. The van der Waals surface area contributed by atoms with Crippen molar-refractivity contribution in [1.29, 1.82) is 5.26 Å². The van der Waals surface area contributed by atoms with Gasteiger partial charge in [-0.2, -0.15) is 5.26 Å². The fourth-order valence-electron chi connectivity index (χ4n) is 3.97. The van der Waals surface area contributed by atoms with E-state index >= 15 is 0 Å². The lowest BCUT2D eigenvalue weighted by atomic mass is 10.0. The number of hydrogen-bond acceptors (Lipinski definition) is 5. The second kappa shape index (κ2) is 7.73. The number of carbonyl (C=O) groups excluding carboxylic acids is 2. The van der Waals surface area contributed by atoms with Crippen molar-refractivity contribution in [2.45, 2.75) is 26.1 Å². The van der Waals surface area contributed by atoms with Crippen molar-refractivity contribution < 1.29 is 18.7 Å². The first kappa shape index (κ1) is 19.8. The monoisotopic (exact) mass is 405 g/mol. The Balaban J connectivity index is 1.81. The molecule has 0 aromatic heterocycles. The summed E-state index contributed by atoms with van der Waals surface area (Å²) in [4.78, 5) is 29.9. The van der Waals surface area contributed by atoms with Crippen LogP contribution in [-0.4, -0.2) is 42.0 Å². The van der Waals surface area contributed by atoms with Crippen LogP contribution in [0, 0.1) is 17.1 Å². The summed E-state index contributed by atoms with van der Waals surface area (Å²) in [5, 5.41) is 9.02. The molecular formula is C23H20FN3O3. The maximum Gasteiger partial charge on any atom is 0.282 e. The molecule has 2 atom stereocenters. The van der Waals surface area contributed by atoms with Crippen LogP contribution < -0.4 is 4.90 Å². The van der Waals surface area contributed by atoms with Crippen LogP contribution in [0.15, 0.2) is 54.2 Å². The molecule has 0 spiro atoms. The van der Waals surface area contributed by atoms with E-state index in [-0.39, 0.29) is 23.5 Å². The zero-order valence-corrected chi connectivity index (χ0v) is 16.6. The summed E-state index contributed by atoms with van der Waals surface area (Å²) < 4.78 is 19.3. The minimum Gasteiger partial charge on any atom is -0.372 e. The van der Waals surface area contributed by atoms with Gasteiger partial charge in [-0.3, -0.25) is 9.59 Å². The van der Waals surface area contributed by atoms with Gasteiger partial charge in [0, 0.05) is 13.1 Å². The highest BCUT2D eigenvalue weighted by Crippen LogP contribution is 2.36. The topological polar surface area (TPSA) is 73.6 Å². The van der Waals surface area contributed by atoms with Gasteiger partial charge in [-0.15, -0.1) is 0 Å². The van der Waals surface area contributed by atoms with Crippen molar-refractivity contribution in [1.82, 2.24) is 4.90 Å². The molecule has 0 N–H and O–H groups in total. The zero-order valence-electron chi connectivity index (χ0n) is 16.6. The number of ether oxygens (including phenoxy) is 1. The lowest BCUT2D eigenvalue weighted by Crippen LogP contribution is -2.47. The Hall–Kier alpha value is -3.50. The number of anilines is 1. The first-order valence-electron chi connectivity index (χ1n) is 9.68. The zero-order chi connectivity index (χ0) is 21.4. The van der Waals surface area contributed by atoms with Crippen molar-refractivity contribution in [2.75, 3.05) is 18.0 Å². The Bertz CT molecular complexity index is 1060. The molecule has 2 aliphatic heterocycles. The quantitative estimate of drug-likeness (QED) is 0.734. The molecule has 0 radical (unpaired) electrons. The van der Waals surface area contributed by atoms with E-state index in [0.717, 1.165) is 4.90 Å². The van der Waals surface area contributed by atoms with Crippen LogP contribution in [0.4, 0.5) is 10.1 Å². The van der Waals surface area contributed by atoms with Crippen LogP contribution in [0.25, 0.3) is 5.57 Å². The van der Waals surface area contributed by atoms with Crippen LogP contribution >= 0.6 is 0 Å². The molecule has 4 rings (SSSR count). The standard InChI is InChI=1S/C23H20FN3O3/c1-14-12-26(13-15(2)30-14)21-20(17-5-7-18(24)8-6-17)22(28)27(23(21)29)19-9-3-16(11-25)4-10-19/h3-10,14-15H,12-13H2,1-2H3. The number of benzene rings is 2. The maximum atomic E-state index is 13.5. The van der Waals surface area contributed by atoms with Gasteiger partial charge in [-0.1, -0.05) is 12.1 Å². The number of hydrogen-bond donors (Lipinski definition) is 0. The molecule has 1 fully saturated rings. The van der Waals surface area contributed by atoms with E-state index in [1.54, 1.807) is 24.3 Å². The minimum atomic E-state index is -0.474. The molecular weight excluding hydrogens is 385 g/mol. The van der Waals surface area contributed by atoms with E-state index in [9.17, 15) is 14.0 Å². The first-order valence-corrected chi connectivity index (χ1v) is 9.68. The van der Waals surface area contributed by atoms with Gasteiger partial charge in [0.05, 0.1) is 35.1 Å². The predicted octanol–water partition coefficient (Wildman–Crippen LogP) is 3.09. The lowest BCUT2D eigenvalue weighted by Gasteiger charge is -2.37. The third-order valence-corrected chi connectivity index (χ3v) is 5.18. The fourth-order valence-corrected chi connectivity index (χ4v) is 3.97. The number of amides is 2. The average Bonchev–Trinajstić information content (AvgIpc) is 2.98. The van der Waals surface area contributed by atoms with Crippen LogP contribution in [0.1, 0.15) is 25.0 Å². The number of halogens is 1. The van der Waals surface area contributed by atoms with Crippen LogP contribution in [0.2, 0.25) is 0 Å². The van der Waals surface area contributed by atoms with Gasteiger partial charge in [0.15, 0.2) is 0 Å². The number of carbonyl (C=O) groups is 2. The number of nitrogens with zero attached hydrogens (tertiary/aromatic N) is 3. The summed E-state index contributed by atoms with van der Waals surface area (Å²) in [6, 6.07) is 13.8. The molecule has 0 aliphatic carbocycles. The Morgan fingerprint density at radius 2 is 1.57 bits per heavy atom. The molecule has 2 unspecified atom stereocenters. The molecule has 2 amide bonds. The Labute approximate surface area is 173 Å². The van der Waals surface area contributed by atoms with Crippen molar-refractivity contribution >= 4 is 23.1 Å². The van der Waals surface area contributed by atoms with E-state index in [0.29, 0.717) is 29.9 Å². The van der Waals surface area contributed by atoms with E-state index < -0.39 is 17.6 Å². The van der Waals surface area contributed by atoms with Crippen LogP contribution in [0.3, 0.4) is 0 Å². The normalized spacial score (nSPS) is 21.9. The van der Waals surface area contributed by atoms with Crippen LogP contribution in [0.5, 0.6) is 0 Å². The van der Waals surface area contributed by atoms with Gasteiger partial charge in [0.1, 0.15) is 11.5 Å². The summed E-state index contributed by atoms with van der Waals surface area (Å²) in [6.07, 6.45) is -0.217. The predicted molar refractivity (Wildman–Crippen MR) is 109 cm³/mol. The average molecular weight is 405 g/mol. The summed E-state index contributed by atoms with van der Waals surface area (Å²) in [5.41, 5.74) is 1.82. The summed E-state index contributed by atoms with van der Waals surface area (Å²) >= 11 is 0. The fraction of sp³-hybridized carbons (Fsp3) is 0.261. The van der Waals surface area contributed by atoms with Gasteiger partial charge in [-0.25, -0.2) is 9.29 Å². The molecule has 0 bridgehead atoms. The molecule has 2 heterocycles. The van der Waals surface area contributed by atoms with Gasteiger partial charge in [0.2, 0.25) is 0 Å². The highest BCUT2D eigenvalue weighted by molar-refractivity contribution is 6.45. The molecule has 2 aromatic carbocycles. The summed E-state index contributed by atoms with van der Waals surface area (Å²) in [7, 11) is 0. The number of rotatable bonds is 3. The molecule has 7 heteroatoms. The molecule has 2 aliphatic rings. The number of morpholine rings is 1. The van der Waals surface area contributed by atoms with Gasteiger partial charge < -0.3 is 9.64 Å². The molecule has 1 saturated heterocycles. The Morgan fingerprint density at radius 1 is 0.967 bits per heavy atom. The Kier molecular flexibility index (Phi) is 5.10. The molecule has 6 nitrogen and oxygen atoms in total. The van der Waals surface area contributed by atoms with E-state index in [1.165, 1.54) is 24.3 Å². The second-order valence-corrected chi connectivity index (χ2v) is 7.50. The molecule has 30 heavy (non-hydrogen) atoms. The van der Waals surface area contributed by atoms with Gasteiger partial charge >= 0.3 is 0 Å². The summed E-state index contributed by atoms with van der Waals surface area (Å²) in [6.45, 7) is 4.76. The smallest absolute Gasteiger partial charge is 0.282 e. The third-order valence-electron chi connectivity index (χ3n) is 5.18. The van der Waals surface area contributed by atoms with E-state index in [1.807, 2.05) is 24.8 Å². The van der Waals surface area contributed by atoms with Crippen molar-refractivity contribution in [2.24, 2.45) is 0 Å². The lowest BCUT2D eigenvalue weighted by molar-refractivity contribution is -0.121. The Morgan fingerprint density at radius 3 is 2.13 bits per heavy atom. The summed E-state index contributed by atoms with van der Waals surface area (Å²) in [5.74, 6) is -1.33. The highest BCUT2D eigenvalue weighted by Gasteiger charge is 2.43. The van der Waals surface area contributed by atoms with Crippen molar-refractivity contribution in [3.63, 3.8) is 0 Å². The first-order chi connectivity index (χ1) is 14.4.